The summed E-state index contributed by atoms with van der Waals surface area (Å²) in [7, 11) is 0. The van der Waals surface area contributed by atoms with Crippen LogP contribution in [0.3, 0.4) is 0 Å². The van der Waals surface area contributed by atoms with Crippen LogP contribution in [0.5, 0.6) is 0 Å². The SMILES string of the molecule is CC(C)NC(=O)/C=C/C1CCCN1C1CC1. The van der Waals surface area contributed by atoms with Crippen LogP contribution in [0.15, 0.2) is 12.2 Å². The summed E-state index contributed by atoms with van der Waals surface area (Å²) in [4.78, 5) is 14.0. The Morgan fingerprint density at radius 1 is 1.38 bits per heavy atom. The van der Waals surface area contributed by atoms with E-state index in [0.29, 0.717) is 6.04 Å². The molecule has 1 N–H and O–H groups in total. The Kier molecular flexibility index (Phi) is 3.64. The van der Waals surface area contributed by atoms with E-state index in [1.807, 2.05) is 13.8 Å². The lowest BCUT2D eigenvalue weighted by Gasteiger charge is -2.20. The molecule has 2 fully saturated rings. The predicted molar refractivity (Wildman–Crippen MR) is 65.2 cm³/mol. The topological polar surface area (TPSA) is 32.3 Å². The molecule has 1 heterocycles. The van der Waals surface area contributed by atoms with Crippen molar-refractivity contribution < 1.29 is 4.79 Å². The van der Waals surface area contributed by atoms with Crippen LogP contribution >= 0.6 is 0 Å². The average molecular weight is 222 g/mol. The zero-order valence-corrected chi connectivity index (χ0v) is 10.3. The van der Waals surface area contributed by atoms with E-state index in [4.69, 9.17) is 0 Å². The van der Waals surface area contributed by atoms with Gasteiger partial charge in [0.15, 0.2) is 0 Å². The number of amides is 1. The molecule has 1 saturated heterocycles. The van der Waals surface area contributed by atoms with Crippen molar-refractivity contribution in [1.82, 2.24) is 10.2 Å². The van der Waals surface area contributed by atoms with Gasteiger partial charge in [-0.15, -0.1) is 0 Å². The van der Waals surface area contributed by atoms with Gasteiger partial charge in [-0.3, -0.25) is 9.69 Å². The minimum Gasteiger partial charge on any atom is -0.350 e. The molecule has 1 unspecified atom stereocenters. The fraction of sp³-hybridized carbons (Fsp3) is 0.769. The quantitative estimate of drug-likeness (QED) is 0.734. The Morgan fingerprint density at radius 2 is 2.12 bits per heavy atom. The van der Waals surface area contributed by atoms with Crippen LogP contribution in [0.2, 0.25) is 0 Å². The minimum absolute atomic E-state index is 0.0395. The summed E-state index contributed by atoms with van der Waals surface area (Å²) in [5.74, 6) is 0.0395. The Bertz CT molecular complexity index is 282. The van der Waals surface area contributed by atoms with Crippen LogP contribution in [0, 0.1) is 0 Å². The van der Waals surface area contributed by atoms with Crippen LogP contribution in [0.1, 0.15) is 39.5 Å². The number of hydrogen-bond donors (Lipinski definition) is 1. The molecule has 0 spiro atoms. The molecule has 3 heteroatoms. The lowest BCUT2D eigenvalue weighted by molar-refractivity contribution is -0.117. The van der Waals surface area contributed by atoms with E-state index in [9.17, 15) is 4.79 Å². The third kappa shape index (κ3) is 3.08. The molecule has 2 rings (SSSR count). The molecule has 1 aliphatic heterocycles. The first kappa shape index (κ1) is 11.6. The molecule has 0 aromatic carbocycles. The molecule has 0 aromatic rings. The van der Waals surface area contributed by atoms with Gasteiger partial charge in [0.25, 0.3) is 0 Å². The monoisotopic (exact) mass is 222 g/mol. The van der Waals surface area contributed by atoms with Gasteiger partial charge in [-0.1, -0.05) is 6.08 Å². The van der Waals surface area contributed by atoms with Crippen molar-refractivity contribution in [3.8, 4) is 0 Å². The number of nitrogens with one attached hydrogen (secondary N) is 1. The highest BCUT2D eigenvalue weighted by atomic mass is 16.1. The lowest BCUT2D eigenvalue weighted by Crippen LogP contribution is -2.31. The van der Waals surface area contributed by atoms with Crippen LogP contribution in [-0.2, 0) is 4.79 Å². The van der Waals surface area contributed by atoms with Crippen molar-refractivity contribution in [1.29, 1.82) is 0 Å². The van der Waals surface area contributed by atoms with Gasteiger partial charge in [0.05, 0.1) is 0 Å². The van der Waals surface area contributed by atoms with Crippen molar-refractivity contribution in [2.24, 2.45) is 0 Å². The molecule has 1 aliphatic carbocycles. The smallest absolute Gasteiger partial charge is 0.243 e. The number of likely N-dealkylation sites (tertiary alicyclic amines) is 1. The molecule has 3 nitrogen and oxygen atoms in total. The summed E-state index contributed by atoms with van der Waals surface area (Å²) in [5.41, 5.74) is 0. The average Bonchev–Trinajstić information content (AvgIpc) is 2.94. The van der Waals surface area contributed by atoms with Crippen molar-refractivity contribution in [2.45, 2.75) is 57.7 Å². The maximum atomic E-state index is 11.5. The number of rotatable bonds is 4. The predicted octanol–water partition coefficient (Wildman–Crippen LogP) is 1.69. The van der Waals surface area contributed by atoms with Crippen molar-refractivity contribution >= 4 is 5.91 Å². The van der Waals surface area contributed by atoms with E-state index in [-0.39, 0.29) is 11.9 Å². The van der Waals surface area contributed by atoms with Gasteiger partial charge in [0, 0.05) is 24.2 Å². The van der Waals surface area contributed by atoms with Crippen LogP contribution in [-0.4, -0.2) is 35.5 Å². The van der Waals surface area contributed by atoms with Gasteiger partial charge < -0.3 is 5.32 Å². The van der Waals surface area contributed by atoms with Gasteiger partial charge in [-0.2, -0.15) is 0 Å². The fourth-order valence-electron chi connectivity index (χ4n) is 2.41. The molecule has 0 bridgehead atoms. The van der Waals surface area contributed by atoms with Gasteiger partial charge in [0.1, 0.15) is 0 Å². The summed E-state index contributed by atoms with van der Waals surface area (Å²) in [6, 6.07) is 1.54. The summed E-state index contributed by atoms with van der Waals surface area (Å²) in [6.45, 7) is 5.18. The number of hydrogen-bond acceptors (Lipinski definition) is 2. The highest BCUT2D eigenvalue weighted by molar-refractivity contribution is 5.87. The Labute approximate surface area is 97.9 Å². The normalized spacial score (nSPS) is 26.8. The van der Waals surface area contributed by atoms with Crippen molar-refractivity contribution in [3.63, 3.8) is 0 Å². The standard InChI is InChI=1S/C13H22N2O/c1-10(2)14-13(16)8-7-11-4-3-9-15(11)12-5-6-12/h7-8,10-12H,3-6,9H2,1-2H3,(H,14,16)/b8-7+. The summed E-state index contributed by atoms with van der Waals surface area (Å²) < 4.78 is 0. The lowest BCUT2D eigenvalue weighted by atomic mass is 10.2. The molecule has 0 aromatic heterocycles. The van der Waals surface area contributed by atoms with E-state index >= 15 is 0 Å². The molecular weight excluding hydrogens is 200 g/mol. The van der Waals surface area contributed by atoms with Crippen LogP contribution in [0.4, 0.5) is 0 Å². The van der Waals surface area contributed by atoms with E-state index in [0.717, 1.165) is 6.04 Å². The molecule has 90 valence electrons. The second-order valence-electron chi connectivity index (χ2n) is 5.20. The van der Waals surface area contributed by atoms with Gasteiger partial charge >= 0.3 is 0 Å². The maximum Gasteiger partial charge on any atom is 0.243 e. The van der Waals surface area contributed by atoms with Crippen LogP contribution in [0.25, 0.3) is 0 Å². The largest absolute Gasteiger partial charge is 0.350 e. The third-order valence-corrected chi connectivity index (χ3v) is 3.26. The molecule has 16 heavy (non-hydrogen) atoms. The Hall–Kier alpha value is -0.830. The van der Waals surface area contributed by atoms with Crippen molar-refractivity contribution in [2.75, 3.05) is 6.54 Å². The second-order valence-corrected chi connectivity index (χ2v) is 5.20. The minimum atomic E-state index is 0.0395. The number of carbonyl (C=O) groups excluding carboxylic acids is 1. The first-order valence-corrected chi connectivity index (χ1v) is 6.41. The fourth-order valence-corrected chi connectivity index (χ4v) is 2.41. The number of carbonyl (C=O) groups is 1. The first-order valence-electron chi connectivity index (χ1n) is 6.41. The zero-order valence-electron chi connectivity index (χ0n) is 10.3. The van der Waals surface area contributed by atoms with Crippen LogP contribution < -0.4 is 5.32 Å². The summed E-state index contributed by atoms with van der Waals surface area (Å²) in [5, 5.41) is 2.88. The highest BCUT2D eigenvalue weighted by Crippen LogP contribution is 2.33. The molecule has 0 radical (unpaired) electrons. The summed E-state index contributed by atoms with van der Waals surface area (Å²) in [6.07, 6.45) is 8.98. The number of nitrogens with zero attached hydrogens (tertiary/aromatic N) is 1. The first-order chi connectivity index (χ1) is 7.66. The molecule has 1 amide bonds. The molecule has 2 aliphatic rings. The molecule has 1 saturated carbocycles. The summed E-state index contributed by atoms with van der Waals surface area (Å²) >= 11 is 0. The van der Waals surface area contributed by atoms with E-state index in [2.05, 4.69) is 16.3 Å². The van der Waals surface area contributed by atoms with E-state index in [1.165, 1.54) is 32.2 Å². The van der Waals surface area contributed by atoms with Gasteiger partial charge in [0.2, 0.25) is 5.91 Å². The van der Waals surface area contributed by atoms with E-state index in [1.54, 1.807) is 6.08 Å². The Balaban J connectivity index is 1.83. The van der Waals surface area contributed by atoms with Gasteiger partial charge in [-0.05, 0) is 46.1 Å². The zero-order chi connectivity index (χ0) is 11.5. The molecule has 1 atom stereocenters. The van der Waals surface area contributed by atoms with Crippen molar-refractivity contribution in [3.05, 3.63) is 12.2 Å². The second kappa shape index (κ2) is 5.00. The highest BCUT2D eigenvalue weighted by Gasteiger charge is 2.35. The Morgan fingerprint density at radius 3 is 2.75 bits per heavy atom. The third-order valence-electron chi connectivity index (χ3n) is 3.26. The van der Waals surface area contributed by atoms with E-state index < -0.39 is 0 Å². The van der Waals surface area contributed by atoms with Gasteiger partial charge in [-0.25, -0.2) is 0 Å². The maximum absolute atomic E-state index is 11.5. The molecular formula is C13H22N2O.